The maximum absolute atomic E-state index is 12.1. The molecule has 0 bridgehead atoms. The predicted molar refractivity (Wildman–Crippen MR) is 89.6 cm³/mol. The van der Waals surface area contributed by atoms with Gasteiger partial charge >= 0.3 is 0 Å². The summed E-state index contributed by atoms with van der Waals surface area (Å²) in [5.41, 5.74) is 0.534. The summed E-state index contributed by atoms with van der Waals surface area (Å²) in [6.07, 6.45) is 1.04. The highest BCUT2D eigenvalue weighted by atomic mass is 35.5. The van der Waals surface area contributed by atoms with Gasteiger partial charge in [0.1, 0.15) is 0 Å². The second kappa shape index (κ2) is 8.18. The molecule has 0 saturated carbocycles. The van der Waals surface area contributed by atoms with E-state index in [0.717, 1.165) is 5.56 Å². The van der Waals surface area contributed by atoms with Crippen LogP contribution in [-0.2, 0) is 16.1 Å². The van der Waals surface area contributed by atoms with Crippen molar-refractivity contribution in [2.24, 2.45) is 5.41 Å². The maximum Gasteiger partial charge on any atom is 0.225 e. The molecule has 1 aromatic carbocycles. The minimum Gasteiger partial charge on any atom is -0.356 e. The normalized spacial score (nSPS) is 11.1. The van der Waals surface area contributed by atoms with Crippen LogP contribution in [0, 0.1) is 5.41 Å². The smallest absolute Gasteiger partial charge is 0.225 e. The van der Waals surface area contributed by atoms with Crippen molar-refractivity contribution in [2.45, 2.75) is 40.2 Å². The van der Waals surface area contributed by atoms with Gasteiger partial charge in [-0.2, -0.15) is 0 Å². The van der Waals surface area contributed by atoms with Crippen molar-refractivity contribution in [3.8, 4) is 0 Å². The number of hydrogen-bond acceptors (Lipinski definition) is 2. The Morgan fingerprint density at radius 1 is 1.23 bits per heavy atom. The maximum atomic E-state index is 12.1. The molecule has 0 spiro atoms. The van der Waals surface area contributed by atoms with Crippen LogP contribution in [0.4, 0.5) is 0 Å². The molecule has 2 amide bonds. The van der Waals surface area contributed by atoms with Crippen molar-refractivity contribution in [2.75, 3.05) is 13.6 Å². The molecule has 0 heterocycles. The Morgan fingerprint density at radius 3 is 2.45 bits per heavy atom. The first-order chi connectivity index (χ1) is 10.2. The molecule has 0 unspecified atom stereocenters. The Bertz CT molecular complexity index is 524. The second-order valence-electron chi connectivity index (χ2n) is 6.45. The highest BCUT2D eigenvalue weighted by Gasteiger charge is 2.20. The Kier molecular flexibility index (Phi) is 6.88. The van der Waals surface area contributed by atoms with E-state index in [1.807, 2.05) is 45.0 Å². The standard InChI is InChI=1S/C17H25ClN2O2/c1-17(2,3)16(22)19-11-7-10-15(21)20(4)12-13-8-5-6-9-14(13)18/h5-6,8-9H,7,10-12H2,1-4H3,(H,19,22). The van der Waals surface area contributed by atoms with Crippen LogP contribution >= 0.6 is 11.6 Å². The average molecular weight is 325 g/mol. The Labute approximate surface area is 137 Å². The van der Waals surface area contributed by atoms with Crippen molar-refractivity contribution in [1.29, 1.82) is 0 Å². The molecule has 1 aromatic rings. The first-order valence-corrected chi connectivity index (χ1v) is 7.85. The summed E-state index contributed by atoms with van der Waals surface area (Å²) < 4.78 is 0. The molecule has 0 aliphatic carbocycles. The molecule has 0 aromatic heterocycles. The zero-order chi connectivity index (χ0) is 16.8. The minimum atomic E-state index is -0.398. The van der Waals surface area contributed by atoms with Gasteiger partial charge in [0.2, 0.25) is 11.8 Å². The average Bonchev–Trinajstić information content (AvgIpc) is 2.44. The van der Waals surface area contributed by atoms with Crippen LogP contribution in [0.5, 0.6) is 0 Å². The molecule has 0 aliphatic rings. The summed E-state index contributed by atoms with van der Waals surface area (Å²) in [6.45, 7) is 6.61. The van der Waals surface area contributed by atoms with Crippen molar-refractivity contribution in [1.82, 2.24) is 10.2 Å². The lowest BCUT2D eigenvalue weighted by atomic mass is 9.96. The number of nitrogens with zero attached hydrogens (tertiary/aromatic N) is 1. The number of halogens is 1. The first kappa shape index (κ1) is 18.5. The van der Waals surface area contributed by atoms with Crippen LogP contribution in [0.2, 0.25) is 5.02 Å². The van der Waals surface area contributed by atoms with Gasteiger partial charge in [-0.05, 0) is 18.1 Å². The number of carbonyl (C=O) groups is 2. The summed E-state index contributed by atoms with van der Waals surface area (Å²) in [5, 5.41) is 3.51. The van der Waals surface area contributed by atoms with E-state index in [1.165, 1.54) is 0 Å². The van der Waals surface area contributed by atoms with Crippen molar-refractivity contribution < 1.29 is 9.59 Å². The molecule has 0 saturated heterocycles. The van der Waals surface area contributed by atoms with E-state index in [9.17, 15) is 9.59 Å². The van der Waals surface area contributed by atoms with E-state index in [2.05, 4.69) is 5.32 Å². The number of rotatable bonds is 6. The fourth-order valence-electron chi connectivity index (χ4n) is 1.87. The van der Waals surface area contributed by atoms with Crippen LogP contribution in [0.15, 0.2) is 24.3 Å². The van der Waals surface area contributed by atoms with E-state index in [-0.39, 0.29) is 11.8 Å². The Hall–Kier alpha value is -1.55. The molecular weight excluding hydrogens is 300 g/mol. The molecule has 5 heteroatoms. The quantitative estimate of drug-likeness (QED) is 0.817. The van der Waals surface area contributed by atoms with Crippen LogP contribution in [0.3, 0.4) is 0 Å². The van der Waals surface area contributed by atoms with Gasteiger partial charge in [0.15, 0.2) is 0 Å². The van der Waals surface area contributed by atoms with Crippen molar-refractivity contribution in [3.63, 3.8) is 0 Å². The number of amides is 2. The third-order valence-corrected chi connectivity index (χ3v) is 3.69. The zero-order valence-electron chi connectivity index (χ0n) is 13.8. The van der Waals surface area contributed by atoms with Gasteiger partial charge in [0.25, 0.3) is 0 Å². The van der Waals surface area contributed by atoms with Gasteiger partial charge < -0.3 is 10.2 Å². The number of carbonyl (C=O) groups excluding carboxylic acids is 2. The molecule has 22 heavy (non-hydrogen) atoms. The van der Waals surface area contributed by atoms with E-state index >= 15 is 0 Å². The predicted octanol–water partition coefficient (Wildman–Crippen LogP) is 3.24. The van der Waals surface area contributed by atoms with Gasteiger partial charge in [-0.15, -0.1) is 0 Å². The van der Waals surface area contributed by atoms with Crippen LogP contribution in [-0.4, -0.2) is 30.3 Å². The Balaban J connectivity index is 2.34. The highest BCUT2D eigenvalue weighted by molar-refractivity contribution is 6.31. The van der Waals surface area contributed by atoms with E-state index in [0.29, 0.717) is 31.0 Å². The van der Waals surface area contributed by atoms with Crippen LogP contribution < -0.4 is 5.32 Å². The minimum absolute atomic E-state index is 0.00405. The molecule has 0 radical (unpaired) electrons. The Morgan fingerprint density at radius 2 is 1.86 bits per heavy atom. The zero-order valence-corrected chi connectivity index (χ0v) is 14.5. The topological polar surface area (TPSA) is 49.4 Å². The van der Waals surface area contributed by atoms with Crippen molar-refractivity contribution in [3.05, 3.63) is 34.9 Å². The lowest BCUT2D eigenvalue weighted by Crippen LogP contribution is -2.35. The molecular formula is C17H25ClN2O2. The first-order valence-electron chi connectivity index (χ1n) is 7.47. The SMILES string of the molecule is CN(Cc1ccccc1Cl)C(=O)CCCNC(=O)C(C)(C)C. The van der Waals surface area contributed by atoms with Gasteiger partial charge in [0.05, 0.1) is 0 Å². The fourth-order valence-corrected chi connectivity index (χ4v) is 2.06. The second-order valence-corrected chi connectivity index (χ2v) is 6.86. The van der Waals surface area contributed by atoms with Crippen LogP contribution in [0.1, 0.15) is 39.2 Å². The molecule has 1 N–H and O–H groups in total. The molecule has 0 aliphatic heterocycles. The third kappa shape index (κ3) is 6.06. The summed E-state index contributed by atoms with van der Waals surface area (Å²) >= 11 is 6.09. The number of hydrogen-bond donors (Lipinski definition) is 1. The number of nitrogens with one attached hydrogen (secondary N) is 1. The molecule has 0 fully saturated rings. The van der Waals surface area contributed by atoms with E-state index < -0.39 is 5.41 Å². The van der Waals surface area contributed by atoms with Gasteiger partial charge in [-0.1, -0.05) is 50.6 Å². The van der Waals surface area contributed by atoms with Crippen LogP contribution in [0.25, 0.3) is 0 Å². The number of benzene rings is 1. The third-order valence-electron chi connectivity index (χ3n) is 3.33. The summed E-state index contributed by atoms with van der Waals surface area (Å²) in [5.74, 6) is 0.0503. The molecule has 122 valence electrons. The molecule has 0 atom stereocenters. The van der Waals surface area contributed by atoms with Gasteiger partial charge in [0, 0.05) is 37.0 Å². The fraction of sp³-hybridized carbons (Fsp3) is 0.529. The van der Waals surface area contributed by atoms with Gasteiger partial charge in [-0.25, -0.2) is 0 Å². The van der Waals surface area contributed by atoms with Gasteiger partial charge in [-0.3, -0.25) is 9.59 Å². The lowest BCUT2D eigenvalue weighted by Gasteiger charge is -2.19. The molecule has 1 rings (SSSR count). The molecule has 4 nitrogen and oxygen atoms in total. The monoisotopic (exact) mass is 324 g/mol. The largest absolute Gasteiger partial charge is 0.356 e. The van der Waals surface area contributed by atoms with Crippen molar-refractivity contribution >= 4 is 23.4 Å². The van der Waals surface area contributed by atoms with E-state index in [1.54, 1.807) is 11.9 Å². The summed E-state index contributed by atoms with van der Waals surface area (Å²) in [4.78, 5) is 25.4. The summed E-state index contributed by atoms with van der Waals surface area (Å²) in [6, 6.07) is 7.50. The summed E-state index contributed by atoms with van der Waals surface area (Å²) in [7, 11) is 1.76. The highest BCUT2D eigenvalue weighted by Crippen LogP contribution is 2.17. The lowest BCUT2D eigenvalue weighted by molar-refractivity contribution is -0.131. The van der Waals surface area contributed by atoms with E-state index in [4.69, 9.17) is 11.6 Å².